The maximum Gasteiger partial charge on any atom is 0.262 e. The number of nitrogens with zero attached hydrogens (tertiary/aromatic N) is 2. The third kappa shape index (κ3) is 4.89. The van der Waals surface area contributed by atoms with Gasteiger partial charge in [-0.25, -0.2) is 8.42 Å². The van der Waals surface area contributed by atoms with Gasteiger partial charge in [-0.2, -0.15) is 4.31 Å². The molecule has 1 aromatic carbocycles. The lowest BCUT2D eigenvalue weighted by atomic mass is 9.89. The number of nitrogens with one attached hydrogen (secondary N) is 1. The maximum absolute atomic E-state index is 13.3. The first-order chi connectivity index (χ1) is 15.4. The van der Waals surface area contributed by atoms with Crippen LogP contribution in [-0.2, 0) is 14.8 Å². The minimum Gasteiger partial charge on any atom is -0.341 e. The molecule has 1 unspecified atom stereocenters. The largest absolute Gasteiger partial charge is 0.341 e. The van der Waals surface area contributed by atoms with Crippen LogP contribution in [0.2, 0.25) is 0 Å². The second-order valence-electron chi connectivity index (χ2n) is 8.52. The number of likely N-dealkylation sites (tertiary alicyclic amines) is 1. The summed E-state index contributed by atoms with van der Waals surface area (Å²) in [5, 5.41) is 4.80. The van der Waals surface area contributed by atoms with Crippen molar-refractivity contribution in [1.29, 1.82) is 0 Å². The van der Waals surface area contributed by atoms with Gasteiger partial charge in [0.05, 0.1) is 9.77 Å². The Kier molecular flexibility index (Phi) is 6.97. The lowest BCUT2D eigenvalue weighted by Crippen LogP contribution is -2.54. The van der Waals surface area contributed by atoms with E-state index in [0.29, 0.717) is 43.9 Å². The molecule has 0 aliphatic carbocycles. The molecule has 4 rings (SSSR count). The SMILES string of the molecule is Cc1ccc(S(=O)(=O)N2CCC(C(NC(=O)c3cccs3)C(=O)N3CCCC3)CC2)cc1. The smallest absolute Gasteiger partial charge is 0.262 e. The standard InChI is InChI=1S/C23H29N3O4S2/c1-17-6-8-19(9-7-17)32(29,30)26-14-10-18(11-15-26)21(23(28)25-12-2-3-13-25)24-22(27)20-5-4-16-31-20/h4-9,16,18,21H,2-3,10-15H2,1H3,(H,24,27). The molecule has 172 valence electrons. The summed E-state index contributed by atoms with van der Waals surface area (Å²) < 4.78 is 27.6. The van der Waals surface area contributed by atoms with Gasteiger partial charge in [0.25, 0.3) is 5.91 Å². The molecule has 2 aliphatic heterocycles. The molecule has 1 aromatic heterocycles. The molecule has 3 heterocycles. The van der Waals surface area contributed by atoms with Gasteiger partial charge < -0.3 is 10.2 Å². The van der Waals surface area contributed by atoms with E-state index in [-0.39, 0.29) is 22.6 Å². The Hall–Kier alpha value is -2.23. The highest BCUT2D eigenvalue weighted by molar-refractivity contribution is 7.89. The first-order valence-corrected chi connectivity index (χ1v) is 13.4. The molecule has 2 aliphatic rings. The van der Waals surface area contributed by atoms with E-state index in [2.05, 4.69) is 5.32 Å². The molecule has 1 N–H and O–H groups in total. The van der Waals surface area contributed by atoms with E-state index in [1.54, 1.807) is 30.3 Å². The molecule has 2 saturated heterocycles. The van der Waals surface area contributed by atoms with Crippen LogP contribution in [0, 0.1) is 12.8 Å². The predicted molar refractivity (Wildman–Crippen MR) is 124 cm³/mol. The van der Waals surface area contributed by atoms with Gasteiger partial charge in [-0.15, -0.1) is 11.3 Å². The average molecular weight is 476 g/mol. The van der Waals surface area contributed by atoms with Crippen LogP contribution in [-0.4, -0.2) is 61.7 Å². The average Bonchev–Trinajstić information content (AvgIpc) is 3.52. The van der Waals surface area contributed by atoms with Crippen molar-refractivity contribution >= 4 is 33.2 Å². The quantitative estimate of drug-likeness (QED) is 0.696. The van der Waals surface area contributed by atoms with Crippen molar-refractivity contribution in [3.8, 4) is 0 Å². The number of sulfonamides is 1. The number of rotatable bonds is 6. The Bertz CT molecular complexity index is 1040. The molecule has 0 spiro atoms. The third-order valence-electron chi connectivity index (χ3n) is 6.34. The zero-order chi connectivity index (χ0) is 22.7. The number of carbonyl (C=O) groups excluding carboxylic acids is 2. The highest BCUT2D eigenvalue weighted by atomic mass is 32.2. The summed E-state index contributed by atoms with van der Waals surface area (Å²) in [6, 6.07) is 9.79. The summed E-state index contributed by atoms with van der Waals surface area (Å²) in [5.74, 6) is -0.393. The monoisotopic (exact) mass is 475 g/mol. The Morgan fingerprint density at radius 2 is 1.69 bits per heavy atom. The van der Waals surface area contributed by atoms with Crippen molar-refractivity contribution in [3.05, 3.63) is 52.2 Å². The van der Waals surface area contributed by atoms with Gasteiger partial charge in [0.1, 0.15) is 6.04 Å². The van der Waals surface area contributed by atoms with E-state index in [4.69, 9.17) is 0 Å². The Labute approximate surface area is 193 Å². The second-order valence-corrected chi connectivity index (χ2v) is 11.4. The fourth-order valence-electron chi connectivity index (χ4n) is 4.44. The summed E-state index contributed by atoms with van der Waals surface area (Å²) in [4.78, 5) is 28.7. The van der Waals surface area contributed by atoms with Crippen LogP contribution in [0.4, 0.5) is 0 Å². The van der Waals surface area contributed by atoms with Crippen molar-refractivity contribution in [1.82, 2.24) is 14.5 Å². The Morgan fingerprint density at radius 3 is 2.28 bits per heavy atom. The van der Waals surface area contributed by atoms with E-state index in [1.807, 2.05) is 23.3 Å². The number of hydrogen-bond donors (Lipinski definition) is 1. The van der Waals surface area contributed by atoms with Crippen LogP contribution in [0.5, 0.6) is 0 Å². The molecule has 32 heavy (non-hydrogen) atoms. The maximum atomic E-state index is 13.3. The van der Waals surface area contributed by atoms with Crippen LogP contribution in [0.3, 0.4) is 0 Å². The van der Waals surface area contributed by atoms with Gasteiger partial charge >= 0.3 is 0 Å². The van der Waals surface area contributed by atoms with Gasteiger partial charge in [0.15, 0.2) is 0 Å². The third-order valence-corrected chi connectivity index (χ3v) is 9.13. The van der Waals surface area contributed by atoms with Crippen molar-refractivity contribution in [2.45, 2.75) is 43.5 Å². The summed E-state index contributed by atoms with van der Waals surface area (Å²) in [6.07, 6.45) is 3.01. The predicted octanol–water partition coefficient (Wildman–Crippen LogP) is 2.88. The minimum atomic E-state index is -3.57. The number of carbonyl (C=O) groups is 2. The highest BCUT2D eigenvalue weighted by Gasteiger charge is 2.38. The molecule has 7 nitrogen and oxygen atoms in total. The zero-order valence-corrected chi connectivity index (χ0v) is 19.8. The normalized spacial score (nSPS) is 19.1. The Morgan fingerprint density at radius 1 is 1.03 bits per heavy atom. The van der Waals surface area contributed by atoms with E-state index in [0.717, 1.165) is 18.4 Å². The van der Waals surface area contributed by atoms with E-state index < -0.39 is 16.1 Å². The number of hydrogen-bond acceptors (Lipinski definition) is 5. The van der Waals surface area contributed by atoms with Crippen LogP contribution >= 0.6 is 11.3 Å². The summed E-state index contributed by atoms with van der Waals surface area (Å²) in [5.41, 5.74) is 1.01. The summed E-state index contributed by atoms with van der Waals surface area (Å²) in [6.45, 7) is 4.01. The summed E-state index contributed by atoms with van der Waals surface area (Å²) >= 11 is 1.34. The van der Waals surface area contributed by atoms with Crippen LogP contribution in [0.15, 0.2) is 46.7 Å². The van der Waals surface area contributed by atoms with E-state index in [1.165, 1.54) is 15.6 Å². The molecule has 2 amide bonds. The molecule has 0 saturated carbocycles. The lowest BCUT2D eigenvalue weighted by Gasteiger charge is -2.36. The zero-order valence-electron chi connectivity index (χ0n) is 18.2. The van der Waals surface area contributed by atoms with Crippen molar-refractivity contribution in [2.24, 2.45) is 5.92 Å². The van der Waals surface area contributed by atoms with Gasteiger partial charge in [0, 0.05) is 26.2 Å². The van der Waals surface area contributed by atoms with Gasteiger partial charge in [-0.1, -0.05) is 23.8 Å². The van der Waals surface area contributed by atoms with Gasteiger partial charge in [-0.3, -0.25) is 9.59 Å². The Balaban J connectivity index is 1.47. The fourth-order valence-corrected chi connectivity index (χ4v) is 6.54. The summed E-state index contributed by atoms with van der Waals surface area (Å²) in [7, 11) is -3.57. The number of benzene rings is 1. The van der Waals surface area contributed by atoms with E-state index >= 15 is 0 Å². The molecular weight excluding hydrogens is 446 g/mol. The number of thiophene rings is 1. The fraction of sp³-hybridized carbons (Fsp3) is 0.478. The molecule has 0 radical (unpaired) electrons. The topological polar surface area (TPSA) is 86.8 Å². The van der Waals surface area contributed by atoms with Crippen LogP contribution in [0.25, 0.3) is 0 Å². The number of aryl methyl sites for hydroxylation is 1. The molecule has 1 atom stereocenters. The molecule has 0 bridgehead atoms. The first-order valence-electron chi connectivity index (χ1n) is 11.1. The lowest BCUT2D eigenvalue weighted by molar-refractivity contribution is -0.133. The molecule has 9 heteroatoms. The first kappa shape index (κ1) is 22.9. The molecule has 2 aromatic rings. The van der Waals surface area contributed by atoms with Crippen molar-refractivity contribution < 1.29 is 18.0 Å². The van der Waals surface area contributed by atoms with Gasteiger partial charge in [0.2, 0.25) is 15.9 Å². The number of amides is 2. The van der Waals surface area contributed by atoms with Gasteiger partial charge in [-0.05, 0) is 62.1 Å². The van der Waals surface area contributed by atoms with Crippen LogP contribution in [0.1, 0.15) is 40.9 Å². The second kappa shape index (κ2) is 9.72. The van der Waals surface area contributed by atoms with Crippen molar-refractivity contribution in [2.75, 3.05) is 26.2 Å². The van der Waals surface area contributed by atoms with Crippen LogP contribution < -0.4 is 5.32 Å². The van der Waals surface area contributed by atoms with E-state index in [9.17, 15) is 18.0 Å². The molecule has 2 fully saturated rings. The number of piperidine rings is 1. The van der Waals surface area contributed by atoms with Crippen molar-refractivity contribution in [3.63, 3.8) is 0 Å². The molecular formula is C23H29N3O4S2. The minimum absolute atomic E-state index is 0.0488. The highest BCUT2D eigenvalue weighted by Crippen LogP contribution is 2.28.